The van der Waals surface area contributed by atoms with Crippen LogP contribution in [0.4, 0.5) is 0 Å². The maximum absolute atomic E-state index is 12.1. The Balaban J connectivity index is 1.10. The summed E-state index contributed by atoms with van der Waals surface area (Å²) in [5.41, 5.74) is 4.78. The number of allylic oxidation sites excluding steroid dienone is 3. The van der Waals surface area contributed by atoms with Crippen molar-refractivity contribution >= 4 is 5.78 Å². The third-order valence-electron chi connectivity index (χ3n) is 12.9. The molecule has 9 atom stereocenters. The zero-order valence-electron chi connectivity index (χ0n) is 28.8. The molecule has 0 radical (unpaired) electrons. The lowest BCUT2D eigenvalue weighted by atomic mass is 9.64. The molecule has 7 rings (SSSR count). The number of para-hydroxylation sites is 1. The summed E-state index contributed by atoms with van der Waals surface area (Å²) in [4.78, 5) is 14.9. The van der Waals surface area contributed by atoms with E-state index in [4.69, 9.17) is 9.47 Å². The lowest BCUT2D eigenvalue weighted by molar-refractivity contribution is -0.116. The standard InChI is InChI=1S/C42H55NO3/c1-6-10-36-35-19-22-42(25-29(3)37(35)24-38(36)41(5)20-17-32(44)18-21-41)30(4)40-39(46-42)23-28(2)26-43(40)27-31-13-15-34(16-14-31)45-33-11-8-7-9-12-33/h7-9,11-17,20,28,30,35-36,38-40H,6,10,18-19,21-27H2,1-5H3/t28-,30+,35-,36?,38-,39+,40-,41+,42-/m0/s1. The molecule has 1 unspecified atom stereocenters. The molecule has 4 nitrogen and oxygen atoms in total. The summed E-state index contributed by atoms with van der Waals surface area (Å²) in [6.07, 6.45) is 14.6. The molecule has 0 bridgehead atoms. The average molecular weight is 622 g/mol. The molecule has 3 aliphatic carbocycles. The third-order valence-corrected chi connectivity index (χ3v) is 12.9. The van der Waals surface area contributed by atoms with Crippen LogP contribution in [0.15, 0.2) is 77.9 Å². The zero-order chi connectivity index (χ0) is 32.1. The van der Waals surface area contributed by atoms with Crippen LogP contribution in [0.1, 0.15) is 98.0 Å². The number of benzene rings is 2. The van der Waals surface area contributed by atoms with Gasteiger partial charge in [-0.2, -0.15) is 0 Å². The van der Waals surface area contributed by atoms with Crippen molar-refractivity contribution in [3.63, 3.8) is 0 Å². The molecule has 0 amide bonds. The molecule has 1 spiro atoms. The summed E-state index contributed by atoms with van der Waals surface area (Å²) in [7, 11) is 0. The van der Waals surface area contributed by atoms with Crippen molar-refractivity contribution in [3.05, 3.63) is 83.5 Å². The van der Waals surface area contributed by atoms with Crippen LogP contribution >= 0.6 is 0 Å². The zero-order valence-corrected chi connectivity index (χ0v) is 28.8. The van der Waals surface area contributed by atoms with Gasteiger partial charge < -0.3 is 9.47 Å². The number of ether oxygens (including phenoxy) is 2. The smallest absolute Gasteiger partial charge is 0.155 e. The molecular formula is C42H55NO3. The molecule has 46 heavy (non-hydrogen) atoms. The fraction of sp³-hybridized carbons (Fsp3) is 0.595. The Bertz CT molecular complexity index is 1460. The minimum absolute atomic E-state index is 0.0697. The molecule has 1 saturated carbocycles. The monoisotopic (exact) mass is 621 g/mol. The quantitative estimate of drug-likeness (QED) is 0.289. The number of piperidine rings is 1. The van der Waals surface area contributed by atoms with Crippen LogP contribution in [0.5, 0.6) is 11.5 Å². The van der Waals surface area contributed by atoms with Gasteiger partial charge in [0.2, 0.25) is 0 Å². The second-order valence-electron chi connectivity index (χ2n) is 16.0. The highest BCUT2D eigenvalue weighted by Gasteiger charge is 2.58. The van der Waals surface area contributed by atoms with Gasteiger partial charge in [0, 0.05) is 31.5 Å². The maximum Gasteiger partial charge on any atom is 0.155 e. The number of hydrogen-bond donors (Lipinski definition) is 0. The Morgan fingerprint density at radius 3 is 2.50 bits per heavy atom. The van der Waals surface area contributed by atoms with Crippen molar-refractivity contribution in [2.24, 2.45) is 35.0 Å². The highest BCUT2D eigenvalue weighted by atomic mass is 16.5. The molecule has 2 aliphatic heterocycles. The van der Waals surface area contributed by atoms with Crippen LogP contribution in [0.3, 0.4) is 0 Å². The van der Waals surface area contributed by atoms with Crippen molar-refractivity contribution in [1.82, 2.24) is 4.90 Å². The van der Waals surface area contributed by atoms with Crippen LogP contribution in [0.25, 0.3) is 0 Å². The first-order valence-corrected chi connectivity index (χ1v) is 18.3. The van der Waals surface area contributed by atoms with Crippen LogP contribution in [0.2, 0.25) is 0 Å². The van der Waals surface area contributed by atoms with Crippen LogP contribution < -0.4 is 4.74 Å². The Labute approximate surface area is 277 Å². The minimum Gasteiger partial charge on any atom is -0.457 e. The van der Waals surface area contributed by atoms with E-state index in [0.29, 0.717) is 53.9 Å². The van der Waals surface area contributed by atoms with Gasteiger partial charge >= 0.3 is 0 Å². The number of ketones is 1. The van der Waals surface area contributed by atoms with Crippen LogP contribution in [0, 0.1) is 35.0 Å². The van der Waals surface area contributed by atoms with E-state index in [9.17, 15) is 4.79 Å². The molecular weight excluding hydrogens is 566 g/mol. The predicted octanol–water partition coefficient (Wildman–Crippen LogP) is 9.94. The predicted molar refractivity (Wildman–Crippen MR) is 186 cm³/mol. The lowest BCUT2D eigenvalue weighted by Gasteiger charge is -2.42. The number of rotatable bonds is 7. The molecule has 246 valence electrons. The van der Waals surface area contributed by atoms with E-state index >= 15 is 0 Å². The Morgan fingerprint density at radius 2 is 1.78 bits per heavy atom. The van der Waals surface area contributed by atoms with E-state index in [1.807, 2.05) is 36.4 Å². The first kappa shape index (κ1) is 31.9. The van der Waals surface area contributed by atoms with E-state index < -0.39 is 0 Å². The number of carbonyl (C=O) groups excluding carboxylic acids is 1. The van der Waals surface area contributed by atoms with Gasteiger partial charge in [0.1, 0.15) is 11.5 Å². The van der Waals surface area contributed by atoms with Gasteiger partial charge in [-0.3, -0.25) is 9.69 Å². The van der Waals surface area contributed by atoms with Crippen molar-refractivity contribution in [1.29, 1.82) is 0 Å². The van der Waals surface area contributed by atoms with E-state index in [0.717, 1.165) is 37.4 Å². The molecule has 0 aromatic heterocycles. The van der Waals surface area contributed by atoms with Crippen molar-refractivity contribution < 1.29 is 14.3 Å². The van der Waals surface area contributed by atoms with Gasteiger partial charge in [0.05, 0.1) is 11.7 Å². The molecule has 2 saturated heterocycles. The molecule has 3 fully saturated rings. The molecule has 2 aromatic rings. The van der Waals surface area contributed by atoms with Crippen LogP contribution in [-0.4, -0.2) is 35.0 Å². The summed E-state index contributed by atoms with van der Waals surface area (Å²) >= 11 is 0. The van der Waals surface area contributed by atoms with E-state index in [1.54, 1.807) is 11.1 Å². The Kier molecular flexibility index (Phi) is 8.82. The molecule has 4 heteroatoms. The van der Waals surface area contributed by atoms with Gasteiger partial charge in [0.25, 0.3) is 0 Å². The first-order chi connectivity index (χ1) is 22.2. The molecule has 2 heterocycles. The van der Waals surface area contributed by atoms with Crippen molar-refractivity contribution in [2.75, 3.05) is 6.54 Å². The summed E-state index contributed by atoms with van der Waals surface area (Å²) in [6.45, 7) is 14.3. The fourth-order valence-corrected chi connectivity index (χ4v) is 10.6. The Hall–Kier alpha value is -2.69. The average Bonchev–Trinajstić information content (AvgIpc) is 3.49. The van der Waals surface area contributed by atoms with Crippen molar-refractivity contribution in [2.45, 2.75) is 117 Å². The summed E-state index contributed by atoms with van der Waals surface area (Å²) in [5.74, 6) is 5.19. The normalized spacial score (nSPS) is 37.8. The van der Waals surface area contributed by atoms with E-state index in [2.05, 4.69) is 69.9 Å². The molecule has 5 aliphatic rings. The maximum atomic E-state index is 12.1. The Morgan fingerprint density at radius 1 is 1.02 bits per heavy atom. The second-order valence-corrected chi connectivity index (χ2v) is 16.0. The summed E-state index contributed by atoms with van der Waals surface area (Å²) < 4.78 is 13.4. The number of likely N-dealkylation sites (tertiary alicyclic amines) is 1. The van der Waals surface area contributed by atoms with E-state index in [1.165, 1.54) is 44.1 Å². The van der Waals surface area contributed by atoms with Gasteiger partial charge in [-0.05, 0) is 117 Å². The van der Waals surface area contributed by atoms with E-state index in [-0.39, 0.29) is 11.0 Å². The summed E-state index contributed by atoms with van der Waals surface area (Å²) in [5, 5.41) is 0. The lowest BCUT2D eigenvalue weighted by Crippen LogP contribution is -2.51. The number of carbonyl (C=O) groups is 1. The van der Waals surface area contributed by atoms with Gasteiger partial charge in [-0.1, -0.05) is 81.7 Å². The highest BCUT2D eigenvalue weighted by molar-refractivity contribution is 5.90. The number of fused-ring (bicyclic) bond motifs is 2. The molecule has 0 N–H and O–H groups in total. The largest absolute Gasteiger partial charge is 0.457 e. The second kappa shape index (κ2) is 12.7. The van der Waals surface area contributed by atoms with Crippen molar-refractivity contribution in [3.8, 4) is 11.5 Å². The van der Waals surface area contributed by atoms with Gasteiger partial charge in [-0.25, -0.2) is 0 Å². The summed E-state index contributed by atoms with van der Waals surface area (Å²) in [6, 6.07) is 19.2. The minimum atomic E-state index is -0.0697. The SMILES string of the molecule is CCCC1[C@@H]2CC[C@@]3(CC(C)=C2C[C@@H]1[C@]1(C)C=CC(=O)CC1)O[C@@H]1C[C@H](C)CN(Cc2ccc(Oc4ccccc4)cc2)[C@H]1[C@H]3C. The van der Waals surface area contributed by atoms with Crippen LogP contribution in [-0.2, 0) is 16.1 Å². The number of nitrogens with zero attached hydrogens (tertiary/aromatic N) is 1. The molecule has 2 aromatic carbocycles. The topological polar surface area (TPSA) is 38.8 Å². The third kappa shape index (κ3) is 5.94. The van der Waals surface area contributed by atoms with Gasteiger partial charge in [0.15, 0.2) is 5.78 Å². The van der Waals surface area contributed by atoms with Gasteiger partial charge in [-0.15, -0.1) is 0 Å². The number of hydrogen-bond acceptors (Lipinski definition) is 4. The first-order valence-electron chi connectivity index (χ1n) is 18.3. The fourth-order valence-electron chi connectivity index (χ4n) is 10.6. The highest BCUT2D eigenvalue weighted by Crippen LogP contribution is 2.60.